The molecule has 0 heterocycles. The van der Waals surface area contributed by atoms with E-state index in [4.69, 9.17) is 11.6 Å². The Balaban J connectivity index is 2.10. The number of nitro benzene ring substituents is 1. The lowest BCUT2D eigenvalue weighted by molar-refractivity contribution is -0.385. The smallest absolute Gasteiger partial charge is 0.283 e. The molecule has 2 aromatic rings. The summed E-state index contributed by atoms with van der Waals surface area (Å²) in [6.45, 7) is 1.63. The lowest BCUT2D eigenvalue weighted by atomic mass is 10.0. The molecule has 24 heavy (non-hydrogen) atoms. The molecule has 0 spiro atoms. The van der Waals surface area contributed by atoms with Gasteiger partial charge in [0.1, 0.15) is 5.56 Å². The number of nitro groups is 1. The Morgan fingerprint density at radius 1 is 1.25 bits per heavy atom. The molecule has 0 saturated carbocycles. The molecule has 0 saturated heterocycles. The summed E-state index contributed by atoms with van der Waals surface area (Å²) in [5.74, 6) is -0.688. The van der Waals surface area contributed by atoms with Crippen molar-refractivity contribution in [2.75, 3.05) is 0 Å². The Morgan fingerprint density at radius 3 is 2.54 bits per heavy atom. The molecule has 0 aliphatic rings. The molecule has 6 nitrogen and oxygen atoms in total. The number of aliphatic hydroxyl groups excluding tert-OH is 1. The first kappa shape index (κ1) is 17.9. The summed E-state index contributed by atoms with van der Waals surface area (Å²) < 4.78 is 0. The number of amides is 1. The van der Waals surface area contributed by atoms with Crippen LogP contribution in [0.2, 0.25) is 5.02 Å². The van der Waals surface area contributed by atoms with Gasteiger partial charge in [0.25, 0.3) is 11.6 Å². The van der Waals surface area contributed by atoms with Gasteiger partial charge < -0.3 is 10.4 Å². The molecule has 0 aliphatic carbocycles. The van der Waals surface area contributed by atoms with E-state index in [1.807, 2.05) is 30.3 Å². The molecule has 2 aromatic carbocycles. The summed E-state index contributed by atoms with van der Waals surface area (Å²) in [5.41, 5.74) is 0.350. The molecule has 0 aromatic heterocycles. The fourth-order valence-electron chi connectivity index (χ4n) is 2.30. The highest BCUT2D eigenvalue weighted by Gasteiger charge is 2.26. The van der Waals surface area contributed by atoms with Crippen molar-refractivity contribution < 1.29 is 14.8 Å². The average Bonchev–Trinajstić information content (AvgIpc) is 2.55. The van der Waals surface area contributed by atoms with E-state index in [2.05, 4.69) is 5.32 Å². The van der Waals surface area contributed by atoms with Crippen LogP contribution in [0.25, 0.3) is 0 Å². The molecule has 0 radical (unpaired) electrons. The van der Waals surface area contributed by atoms with Crippen molar-refractivity contribution in [3.8, 4) is 0 Å². The molecule has 2 atom stereocenters. The molecule has 0 aliphatic heterocycles. The number of carbonyl (C=O) groups excluding carboxylic acids is 1. The number of nitrogens with zero attached hydrogens (tertiary/aromatic N) is 1. The molecule has 2 unspecified atom stereocenters. The minimum absolute atomic E-state index is 0.00792. The Bertz CT molecular complexity index is 737. The highest BCUT2D eigenvalue weighted by molar-refractivity contribution is 6.34. The summed E-state index contributed by atoms with van der Waals surface area (Å²) in [7, 11) is 0. The minimum atomic E-state index is -0.835. The van der Waals surface area contributed by atoms with Crippen molar-refractivity contribution >= 4 is 23.2 Å². The minimum Gasteiger partial charge on any atom is -0.391 e. The van der Waals surface area contributed by atoms with Gasteiger partial charge in [0.05, 0.1) is 22.1 Å². The number of halogens is 1. The van der Waals surface area contributed by atoms with E-state index in [0.717, 1.165) is 5.56 Å². The molecule has 7 heteroatoms. The fraction of sp³-hybridized carbons (Fsp3) is 0.235. The third kappa shape index (κ3) is 4.31. The van der Waals surface area contributed by atoms with E-state index in [1.54, 1.807) is 6.92 Å². The van der Waals surface area contributed by atoms with Gasteiger partial charge in [-0.2, -0.15) is 0 Å². The van der Waals surface area contributed by atoms with Gasteiger partial charge in [0.15, 0.2) is 0 Å². The Labute approximate surface area is 144 Å². The van der Waals surface area contributed by atoms with Gasteiger partial charge in [-0.15, -0.1) is 0 Å². The Kier molecular flexibility index (Phi) is 5.89. The summed E-state index contributed by atoms with van der Waals surface area (Å²) in [4.78, 5) is 22.7. The average molecular weight is 349 g/mol. The van der Waals surface area contributed by atoms with Crippen LogP contribution >= 0.6 is 11.6 Å². The number of carbonyl (C=O) groups is 1. The zero-order valence-electron chi connectivity index (χ0n) is 13.0. The maximum absolute atomic E-state index is 12.3. The monoisotopic (exact) mass is 348 g/mol. The van der Waals surface area contributed by atoms with Crippen LogP contribution in [0.3, 0.4) is 0 Å². The predicted molar refractivity (Wildman–Crippen MR) is 91.2 cm³/mol. The quantitative estimate of drug-likeness (QED) is 0.620. The second kappa shape index (κ2) is 7.90. The molecule has 0 fully saturated rings. The van der Waals surface area contributed by atoms with Gasteiger partial charge in [-0.05, 0) is 18.6 Å². The normalized spacial score (nSPS) is 13.1. The zero-order valence-corrected chi connectivity index (χ0v) is 13.7. The van der Waals surface area contributed by atoms with E-state index in [9.17, 15) is 20.0 Å². The third-order valence-electron chi connectivity index (χ3n) is 3.64. The number of benzene rings is 2. The highest BCUT2D eigenvalue weighted by Crippen LogP contribution is 2.26. The second-order valence-electron chi connectivity index (χ2n) is 5.41. The van der Waals surface area contributed by atoms with Crippen LogP contribution in [0.5, 0.6) is 0 Å². The molecule has 0 bridgehead atoms. The van der Waals surface area contributed by atoms with Crippen LogP contribution in [0.1, 0.15) is 22.8 Å². The number of hydrogen-bond acceptors (Lipinski definition) is 4. The molecule has 2 rings (SSSR count). The first-order valence-corrected chi connectivity index (χ1v) is 7.73. The molecule has 2 N–H and O–H groups in total. The van der Waals surface area contributed by atoms with Crippen LogP contribution in [0.15, 0.2) is 48.5 Å². The number of nitrogens with one attached hydrogen (secondary N) is 1. The fourth-order valence-corrected chi connectivity index (χ4v) is 2.55. The van der Waals surface area contributed by atoms with E-state index < -0.39 is 23.0 Å². The summed E-state index contributed by atoms with van der Waals surface area (Å²) in [5, 5.41) is 23.9. The Morgan fingerprint density at radius 2 is 1.92 bits per heavy atom. The lowest BCUT2D eigenvalue weighted by Crippen LogP contribution is -2.42. The summed E-state index contributed by atoms with van der Waals surface area (Å²) in [6, 6.07) is 12.8. The van der Waals surface area contributed by atoms with Crippen molar-refractivity contribution in [1.82, 2.24) is 5.32 Å². The first-order chi connectivity index (χ1) is 11.4. The van der Waals surface area contributed by atoms with Crippen molar-refractivity contribution in [3.05, 3.63) is 74.8 Å². The summed E-state index contributed by atoms with van der Waals surface area (Å²) in [6.07, 6.45) is -0.481. The maximum atomic E-state index is 12.3. The van der Waals surface area contributed by atoms with Crippen LogP contribution < -0.4 is 5.32 Å². The van der Waals surface area contributed by atoms with Crippen molar-refractivity contribution in [3.63, 3.8) is 0 Å². The van der Waals surface area contributed by atoms with Crippen LogP contribution in [-0.4, -0.2) is 28.1 Å². The van der Waals surface area contributed by atoms with Crippen LogP contribution in [-0.2, 0) is 6.42 Å². The standard InChI is InChI=1S/C17H17ClN2O4/c1-11(15(21)10-12-6-3-2-4-7-12)19-17(22)16-13(18)8-5-9-14(16)20(23)24/h2-9,11,15,21H,10H2,1H3,(H,19,22). The second-order valence-corrected chi connectivity index (χ2v) is 5.82. The molecular weight excluding hydrogens is 332 g/mol. The topological polar surface area (TPSA) is 92.5 Å². The molecular formula is C17H17ClN2O4. The lowest BCUT2D eigenvalue weighted by Gasteiger charge is -2.20. The van der Waals surface area contributed by atoms with Crippen molar-refractivity contribution in [2.45, 2.75) is 25.5 Å². The molecule has 1 amide bonds. The number of aliphatic hydroxyl groups is 1. The highest BCUT2D eigenvalue weighted by atomic mass is 35.5. The van der Waals surface area contributed by atoms with E-state index >= 15 is 0 Å². The summed E-state index contributed by atoms with van der Waals surface area (Å²) >= 11 is 5.93. The van der Waals surface area contributed by atoms with E-state index in [1.165, 1.54) is 18.2 Å². The zero-order chi connectivity index (χ0) is 17.7. The Hall–Kier alpha value is -2.44. The van der Waals surface area contributed by atoms with Gasteiger partial charge in [-0.3, -0.25) is 14.9 Å². The van der Waals surface area contributed by atoms with E-state index in [0.29, 0.717) is 6.42 Å². The number of rotatable bonds is 6. The van der Waals surface area contributed by atoms with Gasteiger partial charge >= 0.3 is 0 Å². The van der Waals surface area contributed by atoms with Crippen molar-refractivity contribution in [2.24, 2.45) is 0 Å². The molecule has 126 valence electrons. The SMILES string of the molecule is CC(NC(=O)c1c(Cl)cccc1[N+](=O)[O-])C(O)Cc1ccccc1. The van der Waals surface area contributed by atoms with Gasteiger partial charge in [0.2, 0.25) is 0 Å². The number of hydrogen-bond donors (Lipinski definition) is 2. The third-order valence-corrected chi connectivity index (χ3v) is 3.95. The van der Waals surface area contributed by atoms with Gasteiger partial charge in [0, 0.05) is 12.5 Å². The van der Waals surface area contributed by atoms with E-state index in [-0.39, 0.29) is 16.3 Å². The van der Waals surface area contributed by atoms with Crippen molar-refractivity contribution in [1.29, 1.82) is 0 Å². The first-order valence-electron chi connectivity index (χ1n) is 7.36. The van der Waals surface area contributed by atoms with Crippen LogP contribution in [0.4, 0.5) is 5.69 Å². The maximum Gasteiger partial charge on any atom is 0.283 e. The largest absolute Gasteiger partial charge is 0.391 e. The van der Waals surface area contributed by atoms with Crippen LogP contribution in [0, 0.1) is 10.1 Å². The van der Waals surface area contributed by atoms with Gasteiger partial charge in [-0.1, -0.05) is 48.0 Å². The van der Waals surface area contributed by atoms with Gasteiger partial charge in [-0.25, -0.2) is 0 Å². The predicted octanol–water partition coefficient (Wildman–Crippen LogP) is 2.97.